The van der Waals surface area contributed by atoms with E-state index in [1.807, 2.05) is 0 Å². The zero-order valence-corrected chi connectivity index (χ0v) is 12.4. The molecule has 3 N–H and O–H groups in total. The van der Waals surface area contributed by atoms with E-state index in [4.69, 9.17) is 9.84 Å². The summed E-state index contributed by atoms with van der Waals surface area (Å²) in [5, 5.41) is 8.66. The Hall–Kier alpha value is -1.75. The molecule has 0 aliphatic carbocycles. The Morgan fingerprint density at radius 1 is 1.40 bits per heavy atom. The summed E-state index contributed by atoms with van der Waals surface area (Å²) >= 11 is 0. The van der Waals surface area contributed by atoms with E-state index in [0.29, 0.717) is 11.3 Å². The number of nitrogens with one attached hydrogen (secondary N) is 2. The van der Waals surface area contributed by atoms with Gasteiger partial charge < -0.3 is 9.84 Å². The Kier molecular flexibility index (Phi) is 5.82. The smallest absolute Gasteiger partial charge is 0.299 e. The van der Waals surface area contributed by atoms with Crippen molar-refractivity contribution in [2.75, 3.05) is 18.4 Å². The van der Waals surface area contributed by atoms with Gasteiger partial charge in [-0.2, -0.15) is 13.1 Å². The van der Waals surface area contributed by atoms with Crippen molar-refractivity contribution in [1.82, 2.24) is 4.72 Å². The van der Waals surface area contributed by atoms with Crippen LogP contribution < -0.4 is 14.2 Å². The lowest BCUT2D eigenvalue weighted by atomic mass is 10.2. The quantitative estimate of drug-likeness (QED) is 0.698. The molecule has 1 rings (SSSR count). The fraction of sp³-hybridized carbons (Fsp3) is 0.385. The van der Waals surface area contributed by atoms with Gasteiger partial charge in [-0.05, 0) is 32.0 Å². The second-order valence-electron chi connectivity index (χ2n) is 4.25. The summed E-state index contributed by atoms with van der Waals surface area (Å²) in [4.78, 5) is 0. The molecule has 0 aromatic heterocycles. The number of hydrogen-bond donors (Lipinski definition) is 3. The highest BCUT2D eigenvalue weighted by atomic mass is 32.2. The van der Waals surface area contributed by atoms with Crippen LogP contribution in [0.2, 0.25) is 0 Å². The first-order chi connectivity index (χ1) is 9.38. The molecule has 0 heterocycles. The van der Waals surface area contributed by atoms with Crippen molar-refractivity contribution in [1.29, 1.82) is 0 Å². The molecule has 20 heavy (non-hydrogen) atoms. The van der Waals surface area contributed by atoms with Gasteiger partial charge in [0.25, 0.3) is 10.2 Å². The summed E-state index contributed by atoms with van der Waals surface area (Å²) in [6.45, 7) is 3.18. The summed E-state index contributed by atoms with van der Waals surface area (Å²) in [6.07, 6.45) is 0. The number of aliphatic hydroxyl groups excluding tert-OH is 1. The first-order valence-corrected chi connectivity index (χ1v) is 7.44. The highest BCUT2D eigenvalue weighted by Crippen LogP contribution is 2.26. The molecule has 110 valence electrons. The summed E-state index contributed by atoms with van der Waals surface area (Å²) in [6, 6.07) is 4.60. The average molecular weight is 298 g/mol. The van der Waals surface area contributed by atoms with E-state index in [1.54, 1.807) is 32.0 Å². The Labute approximate surface area is 119 Å². The SMILES string of the molecule is COc1ccc(C#CCO)cc1NS(=O)(=O)NC(C)C. The molecule has 1 aromatic carbocycles. The summed E-state index contributed by atoms with van der Waals surface area (Å²) in [5.74, 6) is 5.58. The average Bonchev–Trinajstić information content (AvgIpc) is 2.34. The zero-order chi connectivity index (χ0) is 15.2. The number of anilines is 1. The highest BCUT2D eigenvalue weighted by molar-refractivity contribution is 7.90. The van der Waals surface area contributed by atoms with Crippen LogP contribution in [0.25, 0.3) is 0 Å². The monoisotopic (exact) mass is 298 g/mol. The molecule has 1 aromatic rings. The van der Waals surface area contributed by atoms with Gasteiger partial charge in [-0.15, -0.1) is 0 Å². The number of ether oxygens (including phenoxy) is 1. The molecule has 0 aliphatic heterocycles. The molecule has 0 spiro atoms. The van der Waals surface area contributed by atoms with Crippen LogP contribution in [0.4, 0.5) is 5.69 Å². The lowest BCUT2D eigenvalue weighted by Gasteiger charge is -2.14. The molecule has 0 atom stereocenters. The first kappa shape index (κ1) is 16.3. The minimum Gasteiger partial charge on any atom is -0.495 e. The largest absolute Gasteiger partial charge is 0.495 e. The lowest BCUT2D eigenvalue weighted by molar-refractivity contribution is 0.350. The molecule has 0 saturated carbocycles. The second-order valence-corrected chi connectivity index (χ2v) is 5.70. The number of hydrogen-bond acceptors (Lipinski definition) is 4. The van der Waals surface area contributed by atoms with Gasteiger partial charge >= 0.3 is 0 Å². The Morgan fingerprint density at radius 2 is 2.10 bits per heavy atom. The van der Waals surface area contributed by atoms with E-state index in [1.165, 1.54) is 7.11 Å². The van der Waals surface area contributed by atoms with Crippen molar-refractivity contribution in [3.8, 4) is 17.6 Å². The van der Waals surface area contributed by atoms with Crippen LogP contribution in [0.3, 0.4) is 0 Å². The van der Waals surface area contributed by atoms with Gasteiger partial charge in [0.2, 0.25) is 0 Å². The van der Waals surface area contributed by atoms with Crippen molar-refractivity contribution >= 4 is 15.9 Å². The summed E-state index contributed by atoms with van der Waals surface area (Å²) < 4.78 is 33.6. The third-order valence-electron chi connectivity index (χ3n) is 2.15. The summed E-state index contributed by atoms with van der Waals surface area (Å²) in [5.41, 5.74) is 0.854. The fourth-order valence-corrected chi connectivity index (χ4v) is 2.62. The number of methoxy groups -OCH3 is 1. The van der Waals surface area contributed by atoms with E-state index >= 15 is 0 Å². The standard InChI is InChI=1S/C13H18N2O4S/c1-10(2)14-20(17,18)15-12-9-11(5-4-8-16)6-7-13(12)19-3/h6-7,9-10,14-16H,8H2,1-3H3. The Morgan fingerprint density at radius 3 is 2.65 bits per heavy atom. The van der Waals surface area contributed by atoms with Gasteiger partial charge in [0.05, 0.1) is 12.8 Å². The molecule has 7 heteroatoms. The molecule has 0 bridgehead atoms. The van der Waals surface area contributed by atoms with Gasteiger partial charge in [-0.1, -0.05) is 11.8 Å². The van der Waals surface area contributed by atoms with E-state index in [-0.39, 0.29) is 18.3 Å². The predicted molar refractivity (Wildman–Crippen MR) is 77.8 cm³/mol. The molecule has 0 radical (unpaired) electrons. The van der Waals surface area contributed by atoms with Crippen molar-refractivity contribution in [2.24, 2.45) is 0 Å². The minimum absolute atomic E-state index is 0.226. The van der Waals surface area contributed by atoms with Crippen LogP contribution in [0.15, 0.2) is 18.2 Å². The Bertz CT molecular complexity index is 615. The molecule has 0 amide bonds. The maximum absolute atomic E-state index is 11.9. The molecule has 0 aliphatic rings. The maximum atomic E-state index is 11.9. The van der Waals surface area contributed by atoms with Gasteiger partial charge in [0.15, 0.2) is 0 Å². The van der Waals surface area contributed by atoms with Crippen LogP contribution >= 0.6 is 0 Å². The topological polar surface area (TPSA) is 87.7 Å². The van der Waals surface area contributed by atoms with Crippen molar-refractivity contribution < 1.29 is 18.3 Å². The number of benzene rings is 1. The van der Waals surface area contributed by atoms with E-state index in [2.05, 4.69) is 21.3 Å². The predicted octanol–water partition coefficient (Wildman–Crippen LogP) is 0.694. The zero-order valence-electron chi connectivity index (χ0n) is 11.6. The molecule has 0 fully saturated rings. The summed E-state index contributed by atoms with van der Waals surface area (Å²) in [7, 11) is -2.23. The minimum atomic E-state index is -3.68. The normalized spacial score (nSPS) is 10.8. The number of rotatable bonds is 5. The van der Waals surface area contributed by atoms with Gasteiger partial charge in [-0.3, -0.25) is 4.72 Å². The van der Waals surface area contributed by atoms with E-state index < -0.39 is 10.2 Å². The fourth-order valence-electron chi connectivity index (χ4n) is 1.49. The van der Waals surface area contributed by atoms with Crippen molar-refractivity contribution in [3.63, 3.8) is 0 Å². The maximum Gasteiger partial charge on any atom is 0.299 e. The van der Waals surface area contributed by atoms with Crippen LogP contribution in [0.5, 0.6) is 5.75 Å². The van der Waals surface area contributed by atoms with Crippen LogP contribution in [-0.4, -0.2) is 33.3 Å². The van der Waals surface area contributed by atoms with Crippen LogP contribution in [0, 0.1) is 11.8 Å². The third-order valence-corrected chi connectivity index (χ3v) is 3.42. The molecule has 0 saturated heterocycles. The van der Waals surface area contributed by atoms with Gasteiger partial charge in [0, 0.05) is 11.6 Å². The second kappa shape index (κ2) is 7.14. The first-order valence-electron chi connectivity index (χ1n) is 5.96. The number of aliphatic hydroxyl groups is 1. The van der Waals surface area contributed by atoms with E-state index in [9.17, 15) is 8.42 Å². The Balaban J connectivity index is 3.08. The lowest BCUT2D eigenvalue weighted by Crippen LogP contribution is -2.35. The van der Waals surface area contributed by atoms with Crippen molar-refractivity contribution in [2.45, 2.75) is 19.9 Å². The van der Waals surface area contributed by atoms with Crippen LogP contribution in [0.1, 0.15) is 19.4 Å². The molecule has 0 unspecified atom stereocenters. The van der Waals surface area contributed by atoms with E-state index in [0.717, 1.165) is 0 Å². The molecular weight excluding hydrogens is 280 g/mol. The van der Waals surface area contributed by atoms with Gasteiger partial charge in [0.1, 0.15) is 12.4 Å². The van der Waals surface area contributed by atoms with Gasteiger partial charge in [-0.25, -0.2) is 0 Å². The third kappa shape index (κ3) is 5.09. The highest BCUT2D eigenvalue weighted by Gasteiger charge is 2.14. The van der Waals surface area contributed by atoms with Crippen LogP contribution in [-0.2, 0) is 10.2 Å². The molecular formula is C13H18N2O4S. The molecule has 6 nitrogen and oxygen atoms in total. The van der Waals surface area contributed by atoms with Crippen molar-refractivity contribution in [3.05, 3.63) is 23.8 Å².